The topological polar surface area (TPSA) is 62.5 Å². The molecule has 2 atom stereocenters. The van der Waals surface area contributed by atoms with Gasteiger partial charge in [-0.2, -0.15) is 0 Å². The number of fused-ring (bicyclic) bond motifs is 3. The molecule has 2 unspecified atom stereocenters. The van der Waals surface area contributed by atoms with Crippen LogP contribution in [0.1, 0.15) is 29.4 Å². The van der Waals surface area contributed by atoms with E-state index >= 15 is 0 Å². The minimum absolute atomic E-state index is 0.0207. The van der Waals surface area contributed by atoms with Crippen molar-refractivity contribution >= 4 is 22.8 Å². The number of nitrogens with one attached hydrogen (secondary N) is 1. The first kappa shape index (κ1) is 17.2. The lowest BCUT2D eigenvalue weighted by Gasteiger charge is -2.31. The average molecular weight is 359 g/mol. The van der Waals surface area contributed by atoms with Crippen LogP contribution in [0.2, 0.25) is 0 Å². The Morgan fingerprint density at radius 1 is 0.926 bits per heavy atom. The fourth-order valence-corrected chi connectivity index (χ4v) is 3.76. The highest BCUT2D eigenvalue weighted by molar-refractivity contribution is 5.78. The fourth-order valence-electron chi connectivity index (χ4n) is 3.76. The Balaban J connectivity index is 0.000000213. The van der Waals surface area contributed by atoms with Crippen LogP contribution in [0.4, 0.5) is 5.69 Å². The predicted molar refractivity (Wildman–Crippen MR) is 107 cm³/mol. The molecular weight excluding hydrogens is 338 g/mol. The van der Waals surface area contributed by atoms with Gasteiger partial charge in [0.1, 0.15) is 11.2 Å². The van der Waals surface area contributed by atoms with E-state index in [-0.39, 0.29) is 5.92 Å². The molecule has 0 fully saturated rings. The summed E-state index contributed by atoms with van der Waals surface area (Å²) in [6.45, 7) is 0.818. The lowest BCUT2D eigenvalue weighted by Crippen LogP contribution is -2.26. The van der Waals surface area contributed by atoms with Crippen molar-refractivity contribution in [3.05, 3.63) is 90.0 Å². The molecule has 0 amide bonds. The largest absolute Gasteiger partial charge is 0.481 e. The van der Waals surface area contributed by atoms with E-state index in [0.717, 1.165) is 40.9 Å². The molecule has 136 valence electrons. The SMILES string of the molecule is O=C(O)C(c1ccccc1)C1CCNc2ccccc21.c1cc2ccc1o2. The number of hydrogen-bond acceptors (Lipinski definition) is 3. The smallest absolute Gasteiger partial charge is 0.311 e. The van der Waals surface area contributed by atoms with Crippen molar-refractivity contribution in [1.82, 2.24) is 0 Å². The second-order valence-electron chi connectivity index (χ2n) is 6.71. The van der Waals surface area contributed by atoms with Crippen molar-refractivity contribution in [1.29, 1.82) is 0 Å². The monoisotopic (exact) mass is 359 g/mol. The maximum atomic E-state index is 11.8. The van der Waals surface area contributed by atoms with E-state index < -0.39 is 11.9 Å². The number of benzene rings is 3. The molecule has 3 heterocycles. The number of anilines is 1. The molecule has 0 radical (unpaired) electrons. The van der Waals surface area contributed by atoms with Crippen LogP contribution in [0.5, 0.6) is 0 Å². The van der Waals surface area contributed by atoms with Gasteiger partial charge >= 0.3 is 5.97 Å². The number of carboxylic acids is 1. The Morgan fingerprint density at radius 3 is 2.15 bits per heavy atom. The Bertz CT molecular complexity index is 963. The zero-order chi connectivity index (χ0) is 18.6. The molecular formula is C23H21NO3. The van der Waals surface area contributed by atoms with Crippen molar-refractivity contribution in [2.75, 3.05) is 11.9 Å². The quantitative estimate of drug-likeness (QED) is 0.519. The molecule has 4 heteroatoms. The molecule has 5 rings (SSSR count). The molecule has 4 nitrogen and oxygen atoms in total. The minimum atomic E-state index is -0.752. The lowest BCUT2D eigenvalue weighted by atomic mass is 9.77. The van der Waals surface area contributed by atoms with Crippen LogP contribution < -0.4 is 5.32 Å². The number of hydrogen-bond donors (Lipinski definition) is 2. The molecule has 0 saturated carbocycles. The maximum absolute atomic E-state index is 11.8. The van der Waals surface area contributed by atoms with Crippen molar-refractivity contribution < 1.29 is 14.3 Å². The summed E-state index contributed by atoms with van der Waals surface area (Å²) in [5.41, 5.74) is 4.98. The maximum Gasteiger partial charge on any atom is 0.311 e. The minimum Gasteiger partial charge on any atom is -0.481 e. The Kier molecular flexibility index (Phi) is 4.79. The van der Waals surface area contributed by atoms with E-state index in [1.54, 1.807) is 0 Å². The summed E-state index contributed by atoms with van der Waals surface area (Å²) < 4.78 is 5.08. The summed E-state index contributed by atoms with van der Waals surface area (Å²) in [5.74, 6) is -1.22. The van der Waals surface area contributed by atoms with Crippen LogP contribution in [0.25, 0.3) is 11.2 Å². The molecule has 0 saturated heterocycles. The van der Waals surface area contributed by atoms with Gasteiger partial charge in [0.15, 0.2) is 0 Å². The third-order valence-electron chi connectivity index (χ3n) is 5.02. The van der Waals surface area contributed by atoms with E-state index in [4.69, 9.17) is 4.42 Å². The highest BCUT2D eigenvalue weighted by Gasteiger charge is 2.33. The second kappa shape index (κ2) is 7.54. The first-order valence-corrected chi connectivity index (χ1v) is 9.11. The van der Waals surface area contributed by atoms with Gasteiger partial charge in [-0.05, 0) is 47.9 Å². The molecule has 2 N–H and O–H groups in total. The third kappa shape index (κ3) is 3.65. The molecule has 2 aromatic carbocycles. The molecule has 4 aromatic rings. The molecule has 27 heavy (non-hydrogen) atoms. The molecule has 1 aliphatic heterocycles. The summed E-state index contributed by atoms with van der Waals surface area (Å²) in [6, 6.07) is 25.4. The molecule has 0 aliphatic carbocycles. The van der Waals surface area contributed by atoms with Crippen LogP contribution >= 0.6 is 0 Å². The number of carbonyl (C=O) groups is 1. The summed E-state index contributed by atoms with van der Waals surface area (Å²) in [5, 5.41) is 13.0. The van der Waals surface area contributed by atoms with E-state index in [1.165, 1.54) is 0 Å². The predicted octanol–water partition coefficient (Wildman–Crippen LogP) is 5.32. The van der Waals surface area contributed by atoms with Gasteiger partial charge in [-0.15, -0.1) is 0 Å². The van der Waals surface area contributed by atoms with Crippen molar-refractivity contribution in [3.63, 3.8) is 0 Å². The molecule has 1 aliphatic rings. The molecule has 0 spiro atoms. The van der Waals surface area contributed by atoms with Crippen LogP contribution in [0, 0.1) is 0 Å². The summed E-state index contributed by atoms with van der Waals surface area (Å²) in [7, 11) is 0. The van der Waals surface area contributed by atoms with E-state index in [9.17, 15) is 9.90 Å². The number of aliphatic carboxylic acids is 1. The fraction of sp³-hybridized carbons (Fsp3) is 0.174. The van der Waals surface area contributed by atoms with Gasteiger partial charge in [0.05, 0.1) is 5.92 Å². The van der Waals surface area contributed by atoms with Crippen molar-refractivity contribution in [2.24, 2.45) is 0 Å². The molecule has 2 aromatic heterocycles. The van der Waals surface area contributed by atoms with Gasteiger partial charge in [0.2, 0.25) is 0 Å². The summed E-state index contributed by atoms with van der Waals surface area (Å²) in [4.78, 5) is 11.8. The standard InChI is InChI=1S/C17H17NO2.C6H4O/c19-17(20)16(12-6-2-1-3-7-12)14-10-11-18-15-9-5-4-8-13(14)15;1-2-6-4-3-5(1)7-6/h1-9,14,16,18H,10-11H2,(H,19,20);1-4H. The van der Waals surface area contributed by atoms with Gasteiger partial charge in [0.25, 0.3) is 0 Å². The van der Waals surface area contributed by atoms with Gasteiger partial charge < -0.3 is 14.8 Å². The average Bonchev–Trinajstić information content (AvgIpc) is 3.36. The Morgan fingerprint density at radius 2 is 1.56 bits per heavy atom. The number of para-hydroxylation sites is 1. The lowest BCUT2D eigenvalue weighted by molar-refractivity contribution is -0.139. The van der Waals surface area contributed by atoms with Gasteiger partial charge in [-0.3, -0.25) is 4.79 Å². The van der Waals surface area contributed by atoms with Gasteiger partial charge in [0, 0.05) is 18.2 Å². The van der Waals surface area contributed by atoms with Gasteiger partial charge in [-0.1, -0.05) is 48.5 Å². The third-order valence-corrected chi connectivity index (χ3v) is 5.02. The van der Waals surface area contributed by atoms with Crippen LogP contribution in [0.3, 0.4) is 0 Å². The second-order valence-corrected chi connectivity index (χ2v) is 6.71. The van der Waals surface area contributed by atoms with Crippen LogP contribution in [-0.4, -0.2) is 17.6 Å². The molecule has 2 bridgehead atoms. The number of carboxylic acid groups (broad SMARTS) is 1. The van der Waals surface area contributed by atoms with Crippen LogP contribution in [0.15, 0.2) is 83.3 Å². The highest BCUT2D eigenvalue weighted by Crippen LogP contribution is 2.41. The van der Waals surface area contributed by atoms with Crippen LogP contribution in [-0.2, 0) is 4.79 Å². The zero-order valence-electron chi connectivity index (χ0n) is 14.8. The number of rotatable bonds is 3. The zero-order valence-corrected chi connectivity index (χ0v) is 14.8. The first-order chi connectivity index (χ1) is 13.2. The van der Waals surface area contributed by atoms with Crippen molar-refractivity contribution in [2.45, 2.75) is 18.3 Å². The van der Waals surface area contributed by atoms with E-state index in [0.29, 0.717) is 0 Å². The van der Waals surface area contributed by atoms with E-state index in [2.05, 4.69) is 5.32 Å². The Labute approximate surface area is 157 Å². The normalized spacial score (nSPS) is 16.7. The first-order valence-electron chi connectivity index (χ1n) is 9.11. The van der Waals surface area contributed by atoms with E-state index in [1.807, 2.05) is 78.9 Å². The number of furan rings is 2. The highest BCUT2D eigenvalue weighted by atomic mass is 16.4. The Hall–Kier alpha value is -3.27. The summed E-state index contributed by atoms with van der Waals surface area (Å²) in [6.07, 6.45) is 0.836. The van der Waals surface area contributed by atoms with Gasteiger partial charge in [-0.25, -0.2) is 0 Å². The van der Waals surface area contributed by atoms with Crippen molar-refractivity contribution in [3.8, 4) is 0 Å². The summed E-state index contributed by atoms with van der Waals surface area (Å²) >= 11 is 0.